The monoisotopic (exact) mass is 589 g/mol. The van der Waals surface area contributed by atoms with Gasteiger partial charge in [0, 0.05) is 43.0 Å². The van der Waals surface area contributed by atoms with E-state index in [4.69, 9.17) is 23.2 Å². The summed E-state index contributed by atoms with van der Waals surface area (Å²) in [6.07, 6.45) is 3.77. The molecular formula is C30H27Cl2N6O3+. The van der Waals surface area contributed by atoms with Crippen LogP contribution in [0.3, 0.4) is 0 Å². The predicted molar refractivity (Wildman–Crippen MR) is 158 cm³/mol. The predicted octanol–water partition coefficient (Wildman–Crippen LogP) is 4.31. The lowest BCUT2D eigenvalue weighted by molar-refractivity contribution is -0.679. The van der Waals surface area contributed by atoms with E-state index in [-0.39, 0.29) is 18.0 Å². The van der Waals surface area contributed by atoms with E-state index in [1.807, 2.05) is 36.3 Å². The van der Waals surface area contributed by atoms with E-state index in [9.17, 15) is 14.4 Å². The van der Waals surface area contributed by atoms with E-state index in [1.54, 1.807) is 39.9 Å². The maximum atomic E-state index is 14.0. The number of aldehydes is 1. The van der Waals surface area contributed by atoms with Gasteiger partial charge in [-0.3, -0.25) is 14.6 Å². The molecule has 4 aromatic rings. The van der Waals surface area contributed by atoms with Crippen LogP contribution in [0.15, 0.2) is 54.0 Å². The van der Waals surface area contributed by atoms with Gasteiger partial charge in [0.1, 0.15) is 17.1 Å². The third-order valence-electron chi connectivity index (χ3n) is 8.01. The minimum Gasteiger partial charge on any atom is -0.349 e. The second kappa shape index (κ2) is 10.1. The van der Waals surface area contributed by atoms with E-state index >= 15 is 0 Å². The topological polar surface area (TPSA) is 92.3 Å². The van der Waals surface area contributed by atoms with Gasteiger partial charge in [-0.1, -0.05) is 41.9 Å². The first-order chi connectivity index (χ1) is 19.7. The third kappa shape index (κ3) is 4.06. The van der Waals surface area contributed by atoms with Crippen LogP contribution in [0.4, 0.5) is 5.82 Å². The number of pyridine rings is 2. The third-order valence-corrected chi connectivity index (χ3v) is 8.61. The normalized spacial score (nSPS) is 17.9. The van der Waals surface area contributed by atoms with E-state index in [1.165, 1.54) is 6.08 Å². The number of halogens is 2. The van der Waals surface area contributed by atoms with Crippen molar-refractivity contribution in [3.8, 4) is 16.9 Å². The number of piperazine rings is 1. The minimum absolute atomic E-state index is 0.133. The highest BCUT2D eigenvalue weighted by atomic mass is 35.5. The van der Waals surface area contributed by atoms with Crippen LogP contribution in [0.2, 0.25) is 10.0 Å². The molecular weight excluding hydrogens is 563 g/mol. The van der Waals surface area contributed by atoms with Crippen LogP contribution in [0.25, 0.3) is 28.0 Å². The van der Waals surface area contributed by atoms with Gasteiger partial charge in [0.2, 0.25) is 5.91 Å². The second-order valence-electron chi connectivity index (χ2n) is 10.4. The second-order valence-corrected chi connectivity index (χ2v) is 11.2. The first-order valence-electron chi connectivity index (χ1n) is 13.3. The van der Waals surface area contributed by atoms with E-state index in [0.717, 1.165) is 11.8 Å². The number of amides is 1. The Morgan fingerprint density at radius 2 is 1.95 bits per heavy atom. The van der Waals surface area contributed by atoms with E-state index < -0.39 is 5.69 Å². The van der Waals surface area contributed by atoms with Crippen LogP contribution >= 0.6 is 23.2 Å². The smallest absolute Gasteiger partial charge is 0.349 e. The number of carbonyl (C=O) groups is 2. The molecule has 5 heterocycles. The Bertz CT molecular complexity index is 1850. The first kappa shape index (κ1) is 27.1. The number of anilines is 1. The molecule has 0 bridgehead atoms. The lowest BCUT2D eigenvalue weighted by Crippen LogP contribution is -2.55. The maximum absolute atomic E-state index is 14.0. The number of benzene rings is 1. The van der Waals surface area contributed by atoms with Crippen LogP contribution in [-0.2, 0) is 4.79 Å². The molecule has 1 fully saturated rings. The van der Waals surface area contributed by atoms with Crippen LogP contribution in [-0.4, -0.2) is 57.3 Å². The fourth-order valence-corrected chi connectivity index (χ4v) is 6.68. The molecule has 0 radical (unpaired) electrons. The highest BCUT2D eigenvalue weighted by molar-refractivity contribution is 6.37. The molecule has 2 atom stereocenters. The van der Waals surface area contributed by atoms with Gasteiger partial charge in [0.15, 0.2) is 23.5 Å². The molecule has 41 heavy (non-hydrogen) atoms. The number of fused-ring (bicyclic) bond motifs is 2. The summed E-state index contributed by atoms with van der Waals surface area (Å²) in [6, 6.07) is 8.25. The van der Waals surface area contributed by atoms with Crippen molar-refractivity contribution in [3.63, 3.8) is 0 Å². The number of hydrogen-bond donors (Lipinski definition) is 0. The molecule has 3 aromatic heterocycles. The van der Waals surface area contributed by atoms with E-state index in [0.29, 0.717) is 74.7 Å². The molecule has 208 valence electrons. The SMILES string of the molecule is C=CC(=O)N1CCN(c2nc(=O)n3c4c2cc(Cl)c(-c2c(Cl)cccc2C=O)[n+]4C(C)c2nccc(C)c2-3)[C@@H](C)C1. The fraction of sp³-hybridized carbons (Fsp3) is 0.267. The van der Waals surface area contributed by atoms with Crippen molar-refractivity contribution >= 4 is 52.2 Å². The average molecular weight is 590 g/mol. The molecule has 6 rings (SSSR count). The Hall–Kier alpha value is -4.08. The van der Waals surface area contributed by atoms with Crippen LogP contribution < -0.4 is 15.2 Å². The number of carbonyl (C=O) groups excluding carboxylic acids is 2. The molecule has 1 saturated heterocycles. The molecule has 9 nitrogen and oxygen atoms in total. The highest BCUT2D eigenvalue weighted by Gasteiger charge is 2.41. The Labute approximate surface area is 246 Å². The van der Waals surface area contributed by atoms with Gasteiger partial charge >= 0.3 is 11.3 Å². The lowest BCUT2D eigenvalue weighted by atomic mass is 9.99. The van der Waals surface area contributed by atoms with Crippen molar-refractivity contribution in [3.05, 3.63) is 86.5 Å². The Balaban J connectivity index is 1.71. The van der Waals surface area contributed by atoms with Gasteiger partial charge in [-0.05, 0) is 45.0 Å². The number of hydrogen-bond acceptors (Lipinski definition) is 6. The Kier molecular flexibility index (Phi) is 6.66. The number of aryl methyl sites for hydroxylation is 1. The summed E-state index contributed by atoms with van der Waals surface area (Å²) in [5.41, 5.74) is 3.68. The zero-order chi connectivity index (χ0) is 29.2. The maximum Gasteiger partial charge on any atom is 0.442 e. The zero-order valence-electron chi connectivity index (χ0n) is 22.8. The summed E-state index contributed by atoms with van der Waals surface area (Å²) in [4.78, 5) is 51.5. The van der Waals surface area contributed by atoms with Crippen molar-refractivity contribution in [2.45, 2.75) is 32.9 Å². The number of aromatic nitrogens is 4. The molecule has 1 unspecified atom stereocenters. The molecule has 0 spiro atoms. The van der Waals surface area contributed by atoms with Crippen LogP contribution in [0.1, 0.15) is 41.5 Å². The largest absolute Gasteiger partial charge is 0.442 e. The van der Waals surface area contributed by atoms with Gasteiger partial charge in [0.25, 0.3) is 0 Å². The number of rotatable bonds is 4. The molecule has 0 aliphatic carbocycles. The van der Waals surface area contributed by atoms with Gasteiger partial charge < -0.3 is 9.80 Å². The summed E-state index contributed by atoms with van der Waals surface area (Å²) in [6.45, 7) is 10.9. The standard InChI is InChI=1S/C30H27Cl2N6O3/c1-5-23(40)35-11-12-36(17(3)14-35)28-20-13-22(32)27(24-19(15-39)7-6-8-21(24)31)37-18(4)25-26(16(2)9-10-33-25)38(29(20)37)30(41)34-28/h5-10,13,15,17-18H,1,11-12,14H2,2-4H3/q+1/t17-,18?/m0/s1. The average Bonchev–Trinajstić information content (AvgIpc) is 2.96. The summed E-state index contributed by atoms with van der Waals surface area (Å²) in [7, 11) is 0. The van der Waals surface area contributed by atoms with Crippen molar-refractivity contribution in [1.29, 1.82) is 0 Å². The van der Waals surface area contributed by atoms with Crippen LogP contribution in [0, 0.1) is 6.92 Å². The summed E-state index contributed by atoms with van der Waals surface area (Å²) >= 11 is 13.8. The summed E-state index contributed by atoms with van der Waals surface area (Å²) in [5, 5.41) is 1.36. The Morgan fingerprint density at radius 3 is 2.66 bits per heavy atom. The van der Waals surface area contributed by atoms with Gasteiger partial charge in [-0.2, -0.15) is 4.98 Å². The van der Waals surface area contributed by atoms with Gasteiger partial charge in [-0.25, -0.2) is 9.36 Å². The molecule has 11 heteroatoms. The molecule has 0 N–H and O–H groups in total. The Morgan fingerprint density at radius 1 is 1.17 bits per heavy atom. The molecule has 0 saturated carbocycles. The van der Waals surface area contributed by atoms with Crippen molar-refractivity contribution < 1.29 is 14.2 Å². The molecule has 1 amide bonds. The minimum atomic E-state index is -0.467. The number of nitrogens with zero attached hydrogens (tertiary/aromatic N) is 6. The molecule has 2 aliphatic heterocycles. The van der Waals surface area contributed by atoms with E-state index in [2.05, 4.69) is 16.5 Å². The fourth-order valence-electron chi connectivity index (χ4n) is 6.11. The quantitative estimate of drug-likeness (QED) is 0.200. The highest BCUT2D eigenvalue weighted by Crippen LogP contribution is 2.41. The zero-order valence-corrected chi connectivity index (χ0v) is 24.3. The first-order valence-corrected chi connectivity index (χ1v) is 14.0. The van der Waals surface area contributed by atoms with Gasteiger partial charge in [-0.15, -0.1) is 4.57 Å². The molecule has 1 aromatic carbocycles. The van der Waals surface area contributed by atoms with Crippen molar-refractivity contribution in [1.82, 2.24) is 19.4 Å². The summed E-state index contributed by atoms with van der Waals surface area (Å²) < 4.78 is 3.52. The molecule has 2 aliphatic rings. The van der Waals surface area contributed by atoms with Crippen molar-refractivity contribution in [2.75, 3.05) is 24.5 Å². The van der Waals surface area contributed by atoms with Gasteiger partial charge in [0.05, 0.1) is 15.6 Å². The van der Waals surface area contributed by atoms with Crippen molar-refractivity contribution in [2.24, 2.45) is 0 Å². The van der Waals surface area contributed by atoms with Crippen LogP contribution in [0.5, 0.6) is 0 Å². The summed E-state index contributed by atoms with van der Waals surface area (Å²) in [5.74, 6) is 0.345. The lowest BCUT2D eigenvalue weighted by Gasteiger charge is -2.40.